The number of aryl methyl sites for hydroxylation is 1. The lowest BCUT2D eigenvalue weighted by atomic mass is 10.1. The first-order valence-electron chi connectivity index (χ1n) is 4.75. The molecule has 2 rings (SSSR count). The van der Waals surface area contributed by atoms with Crippen LogP contribution < -0.4 is 5.73 Å². The number of halogens is 1. The Balaban J connectivity index is 2.54. The fourth-order valence-electron chi connectivity index (χ4n) is 1.44. The molecule has 0 radical (unpaired) electrons. The number of hydrogen-bond acceptors (Lipinski definition) is 3. The number of nitrogens with zero attached hydrogens (tertiary/aromatic N) is 2. The zero-order chi connectivity index (χ0) is 11.7. The van der Waals surface area contributed by atoms with Crippen LogP contribution in [0.15, 0.2) is 29.2 Å². The Hall–Kier alpha value is -1.49. The average Bonchev–Trinajstić information content (AvgIpc) is 2.60. The van der Waals surface area contributed by atoms with Gasteiger partial charge in [0.25, 0.3) is 0 Å². The Morgan fingerprint density at radius 1 is 1.38 bits per heavy atom. The van der Waals surface area contributed by atoms with Crippen molar-refractivity contribution in [2.45, 2.75) is 4.90 Å². The Kier molecular flexibility index (Phi) is 2.87. The highest BCUT2D eigenvalue weighted by atomic mass is 32.2. The lowest BCUT2D eigenvalue weighted by molar-refractivity contribution is 0.628. The van der Waals surface area contributed by atoms with Crippen LogP contribution in [-0.4, -0.2) is 16.0 Å². The summed E-state index contributed by atoms with van der Waals surface area (Å²) in [4.78, 5) is 1.00. The van der Waals surface area contributed by atoms with Crippen molar-refractivity contribution >= 4 is 17.6 Å². The maximum atomic E-state index is 13.6. The van der Waals surface area contributed by atoms with E-state index in [1.54, 1.807) is 37.0 Å². The van der Waals surface area contributed by atoms with Crippen molar-refractivity contribution in [3.63, 3.8) is 0 Å². The van der Waals surface area contributed by atoms with Gasteiger partial charge < -0.3 is 5.73 Å². The molecular formula is C11H12FN3S. The summed E-state index contributed by atoms with van der Waals surface area (Å²) in [5.41, 5.74) is 6.72. The largest absolute Gasteiger partial charge is 0.384 e. The lowest BCUT2D eigenvalue weighted by Crippen LogP contribution is -1.96. The fraction of sp³-hybridized carbons (Fsp3) is 0.182. The van der Waals surface area contributed by atoms with E-state index in [0.29, 0.717) is 17.1 Å². The van der Waals surface area contributed by atoms with Gasteiger partial charge in [0.2, 0.25) is 0 Å². The molecule has 0 bridgehead atoms. The Morgan fingerprint density at radius 2 is 2.12 bits per heavy atom. The summed E-state index contributed by atoms with van der Waals surface area (Å²) in [5.74, 6) is 0.236. The van der Waals surface area contributed by atoms with Crippen LogP contribution in [0.25, 0.3) is 11.3 Å². The second kappa shape index (κ2) is 4.17. The third-order valence-corrected chi connectivity index (χ3v) is 3.09. The maximum Gasteiger partial charge on any atom is 0.132 e. The first kappa shape index (κ1) is 11.0. The van der Waals surface area contributed by atoms with Crippen LogP contribution in [0.1, 0.15) is 0 Å². The number of nitrogen functional groups attached to an aromatic ring is 1. The minimum absolute atomic E-state index is 0.282. The Morgan fingerprint density at radius 3 is 2.69 bits per heavy atom. The van der Waals surface area contributed by atoms with Gasteiger partial charge in [-0.25, -0.2) is 4.39 Å². The van der Waals surface area contributed by atoms with Crippen molar-refractivity contribution in [2.24, 2.45) is 7.05 Å². The minimum atomic E-state index is -0.282. The first-order valence-corrected chi connectivity index (χ1v) is 5.97. The number of thioether (sulfide) groups is 1. The monoisotopic (exact) mass is 237 g/mol. The molecule has 1 aromatic carbocycles. The number of anilines is 1. The second-order valence-electron chi connectivity index (χ2n) is 3.42. The van der Waals surface area contributed by atoms with Crippen LogP contribution in [0.5, 0.6) is 0 Å². The van der Waals surface area contributed by atoms with Crippen LogP contribution in [-0.2, 0) is 7.05 Å². The number of nitrogens with two attached hydrogens (primary N) is 1. The molecule has 0 saturated carbocycles. The summed E-state index contributed by atoms with van der Waals surface area (Å²) in [6, 6.07) is 6.64. The maximum absolute atomic E-state index is 13.6. The van der Waals surface area contributed by atoms with Gasteiger partial charge in [-0.3, -0.25) is 4.68 Å². The van der Waals surface area contributed by atoms with Crippen molar-refractivity contribution in [3.8, 4) is 11.3 Å². The standard InChI is InChI=1S/C11H12FN3S/c1-15-11(13)6-10(14-15)8-5-7(16-2)3-4-9(8)12/h3-6H,13H2,1-2H3. The normalized spacial score (nSPS) is 10.7. The van der Waals surface area contributed by atoms with Crippen LogP contribution in [0.2, 0.25) is 0 Å². The van der Waals surface area contributed by atoms with E-state index in [9.17, 15) is 4.39 Å². The second-order valence-corrected chi connectivity index (χ2v) is 4.30. The number of rotatable bonds is 2. The minimum Gasteiger partial charge on any atom is -0.384 e. The van der Waals surface area contributed by atoms with Gasteiger partial charge in [0.15, 0.2) is 0 Å². The van der Waals surface area contributed by atoms with Gasteiger partial charge >= 0.3 is 0 Å². The topological polar surface area (TPSA) is 43.8 Å². The fourth-order valence-corrected chi connectivity index (χ4v) is 1.88. The van der Waals surface area contributed by atoms with Gasteiger partial charge in [0.05, 0.1) is 5.69 Å². The predicted octanol–water partition coefficient (Wildman–Crippen LogP) is 2.53. The molecule has 2 aromatic rings. The van der Waals surface area contributed by atoms with Crippen molar-refractivity contribution in [2.75, 3.05) is 12.0 Å². The van der Waals surface area contributed by atoms with Gasteiger partial charge in [-0.15, -0.1) is 11.8 Å². The lowest BCUT2D eigenvalue weighted by Gasteiger charge is -2.02. The van der Waals surface area contributed by atoms with Gasteiger partial charge in [0.1, 0.15) is 11.6 Å². The predicted molar refractivity (Wildman–Crippen MR) is 64.8 cm³/mol. The first-order chi connectivity index (χ1) is 7.61. The zero-order valence-electron chi connectivity index (χ0n) is 9.07. The molecule has 0 aliphatic rings. The summed E-state index contributed by atoms with van der Waals surface area (Å²) in [7, 11) is 1.73. The summed E-state index contributed by atoms with van der Waals surface area (Å²) in [6.07, 6.45) is 1.95. The van der Waals surface area contributed by atoms with Crippen molar-refractivity contribution in [1.29, 1.82) is 0 Å². The van der Waals surface area contributed by atoms with Crippen molar-refractivity contribution in [1.82, 2.24) is 9.78 Å². The molecule has 3 nitrogen and oxygen atoms in total. The average molecular weight is 237 g/mol. The van der Waals surface area contributed by atoms with Gasteiger partial charge in [-0.1, -0.05) is 0 Å². The van der Waals surface area contributed by atoms with Crippen LogP contribution >= 0.6 is 11.8 Å². The van der Waals surface area contributed by atoms with E-state index in [4.69, 9.17) is 5.73 Å². The zero-order valence-corrected chi connectivity index (χ0v) is 9.88. The van der Waals surface area contributed by atoms with Crippen molar-refractivity contribution in [3.05, 3.63) is 30.1 Å². The molecule has 1 heterocycles. The van der Waals surface area contributed by atoms with Crippen LogP contribution in [0.3, 0.4) is 0 Å². The number of aromatic nitrogens is 2. The molecule has 0 saturated heterocycles. The molecule has 84 valence electrons. The van der Waals surface area contributed by atoms with Gasteiger partial charge in [0, 0.05) is 23.6 Å². The molecule has 0 spiro atoms. The highest BCUT2D eigenvalue weighted by Gasteiger charge is 2.10. The van der Waals surface area contributed by atoms with E-state index >= 15 is 0 Å². The van der Waals surface area contributed by atoms with E-state index in [-0.39, 0.29) is 5.82 Å². The van der Waals surface area contributed by atoms with E-state index in [2.05, 4.69) is 5.10 Å². The number of hydrogen-bond donors (Lipinski definition) is 1. The Bertz CT molecular complexity index is 502. The molecule has 0 aliphatic carbocycles. The molecule has 1 aromatic heterocycles. The highest BCUT2D eigenvalue weighted by molar-refractivity contribution is 7.98. The highest BCUT2D eigenvalue weighted by Crippen LogP contribution is 2.27. The van der Waals surface area contributed by atoms with E-state index < -0.39 is 0 Å². The third-order valence-electron chi connectivity index (χ3n) is 2.37. The molecule has 0 amide bonds. The van der Waals surface area contributed by atoms with Gasteiger partial charge in [-0.05, 0) is 24.5 Å². The van der Waals surface area contributed by atoms with Gasteiger partial charge in [-0.2, -0.15) is 5.10 Å². The van der Waals surface area contributed by atoms with Crippen LogP contribution in [0, 0.1) is 5.82 Å². The SMILES string of the molecule is CSc1ccc(F)c(-c2cc(N)n(C)n2)c1. The molecule has 0 fully saturated rings. The van der Waals surface area contributed by atoms with E-state index in [0.717, 1.165) is 4.90 Å². The molecular weight excluding hydrogens is 225 g/mol. The smallest absolute Gasteiger partial charge is 0.132 e. The third kappa shape index (κ3) is 1.90. The molecule has 0 aliphatic heterocycles. The quantitative estimate of drug-likeness (QED) is 0.816. The molecule has 16 heavy (non-hydrogen) atoms. The summed E-state index contributed by atoms with van der Waals surface area (Å²) < 4.78 is 15.2. The van der Waals surface area contributed by atoms with E-state index in [1.165, 1.54) is 10.7 Å². The molecule has 5 heteroatoms. The van der Waals surface area contributed by atoms with Crippen molar-refractivity contribution < 1.29 is 4.39 Å². The summed E-state index contributed by atoms with van der Waals surface area (Å²) in [6.45, 7) is 0. The van der Waals surface area contributed by atoms with Crippen LogP contribution in [0.4, 0.5) is 10.2 Å². The Labute approximate surface area is 97.5 Å². The molecule has 0 atom stereocenters. The summed E-state index contributed by atoms with van der Waals surface area (Å²) >= 11 is 1.56. The molecule has 2 N–H and O–H groups in total. The number of benzene rings is 1. The molecule has 0 unspecified atom stereocenters. The summed E-state index contributed by atoms with van der Waals surface area (Å²) in [5, 5.41) is 4.16. The van der Waals surface area contributed by atoms with E-state index in [1.807, 2.05) is 6.26 Å².